The fraction of sp³-hybridized carbons (Fsp3) is 0.727. The molecule has 1 heterocycles. The Balaban J connectivity index is 2.18. The molecule has 1 N–H and O–H groups in total. The van der Waals surface area contributed by atoms with E-state index in [0.29, 0.717) is 0 Å². The molecule has 2 rings (SSSR count). The number of nitrogens with zero attached hydrogens (tertiary/aromatic N) is 1. The zero-order chi connectivity index (χ0) is 9.26. The summed E-state index contributed by atoms with van der Waals surface area (Å²) in [5.41, 5.74) is 2.74. The summed E-state index contributed by atoms with van der Waals surface area (Å²) >= 11 is 0. The fourth-order valence-electron chi connectivity index (χ4n) is 2.07. The number of fused-ring (bicyclic) bond motifs is 1. The van der Waals surface area contributed by atoms with Crippen molar-refractivity contribution in [3.63, 3.8) is 0 Å². The number of H-pyrrole nitrogens is 1. The molecule has 72 valence electrons. The maximum atomic E-state index is 4.62. The quantitative estimate of drug-likeness (QED) is 0.740. The summed E-state index contributed by atoms with van der Waals surface area (Å²) in [5, 5.41) is 0. The van der Waals surface area contributed by atoms with Gasteiger partial charge in [0, 0.05) is 12.1 Å². The van der Waals surface area contributed by atoms with E-state index in [2.05, 4.69) is 23.8 Å². The Morgan fingerprint density at radius 3 is 3.15 bits per heavy atom. The maximum Gasteiger partial charge on any atom is 0.106 e. The molecule has 1 aromatic rings. The Kier molecular flexibility index (Phi) is 2.38. The Bertz CT molecular complexity index is 288. The number of hydrogen-bond donors (Lipinski definition) is 1. The monoisotopic (exact) mass is 178 g/mol. The minimum atomic E-state index is 0.836. The van der Waals surface area contributed by atoms with E-state index >= 15 is 0 Å². The summed E-state index contributed by atoms with van der Waals surface area (Å²) in [5.74, 6) is 2.03. The van der Waals surface area contributed by atoms with Gasteiger partial charge in [-0.05, 0) is 31.6 Å². The molecule has 1 aromatic heterocycles. The molecule has 13 heavy (non-hydrogen) atoms. The lowest BCUT2D eigenvalue weighted by molar-refractivity contribution is 0.492. The summed E-state index contributed by atoms with van der Waals surface area (Å²) in [6, 6.07) is 0. The number of hydrogen-bond acceptors (Lipinski definition) is 1. The normalized spacial score (nSPS) is 21.5. The van der Waals surface area contributed by atoms with E-state index < -0.39 is 0 Å². The maximum absolute atomic E-state index is 4.62. The van der Waals surface area contributed by atoms with Crippen LogP contribution in [-0.2, 0) is 19.3 Å². The van der Waals surface area contributed by atoms with Crippen LogP contribution < -0.4 is 0 Å². The smallest absolute Gasteiger partial charge is 0.106 e. The molecule has 0 saturated carbocycles. The molecule has 0 aromatic carbocycles. The summed E-state index contributed by atoms with van der Waals surface area (Å²) in [4.78, 5) is 8.07. The van der Waals surface area contributed by atoms with Gasteiger partial charge in [0.05, 0.1) is 5.69 Å². The Labute approximate surface area is 79.8 Å². The van der Waals surface area contributed by atoms with Crippen LogP contribution in [0.2, 0.25) is 0 Å². The number of aromatic nitrogens is 2. The SMILES string of the molecule is CCCc1nc2c([nH]1)CC(C)CC2. The van der Waals surface area contributed by atoms with Gasteiger partial charge in [-0.1, -0.05) is 13.8 Å². The van der Waals surface area contributed by atoms with Crippen molar-refractivity contribution in [1.82, 2.24) is 9.97 Å². The zero-order valence-corrected chi connectivity index (χ0v) is 8.56. The standard InChI is InChI=1S/C11H18N2/c1-3-4-11-12-9-6-5-8(2)7-10(9)13-11/h8H,3-7H2,1-2H3,(H,12,13). The highest BCUT2D eigenvalue weighted by Gasteiger charge is 2.18. The Hall–Kier alpha value is -0.790. The highest BCUT2D eigenvalue weighted by Crippen LogP contribution is 2.23. The van der Waals surface area contributed by atoms with Gasteiger partial charge in [-0.2, -0.15) is 0 Å². The van der Waals surface area contributed by atoms with E-state index in [1.165, 1.54) is 42.9 Å². The first-order valence-electron chi connectivity index (χ1n) is 5.36. The van der Waals surface area contributed by atoms with E-state index in [4.69, 9.17) is 0 Å². The van der Waals surface area contributed by atoms with Gasteiger partial charge in [0.2, 0.25) is 0 Å². The average molecular weight is 178 g/mol. The molecule has 0 radical (unpaired) electrons. The number of aromatic amines is 1. The predicted molar refractivity (Wildman–Crippen MR) is 53.8 cm³/mol. The molecule has 1 atom stereocenters. The first-order chi connectivity index (χ1) is 6.29. The third kappa shape index (κ3) is 1.77. The second-order valence-corrected chi connectivity index (χ2v) is 4.21. The van der Waals surface area contributed by atoms with Gasteiger partial charge < -0.3 is 4.98 Å². The van der Waals surface area contributed by atoms with Crippen LogP contribution in [0.15, 0.2) is 0 Å². The summed E-state index contributed by atoms with van der Waals surface area (Å²) < 4.78 is 0. The van der Waals surface area contributed by atoms with E-state index in [1.54, 1.807) is 0 Å². The molecule has 0 saturated heterocycles. The molecule has 1 unspecified atom stereocenters. The molecular formula is C11H18N2. The molecule has 2 nitrogen and oxygen atoms in total. The summed E-state index contributed by atoms with van der Waals surface area (Å²) in [6.07, 6.45) is 5.97. The minimum Gasteiger partial charge on any atom is -0.346 e. The number of rotatable bonds is 2. The third-order valence-corrected chi connectivity index (χ3v) is 2.83. The van der Waals surface area contributed by atoms with Crippen molar-refractivity contribution >= 4 is 0 Å². The molecule has 0 fully saturated rings. The van der Waals surface area contributed by atoms with E-state index in [-0.39, 0.29) is 0 Å². The van der Waals surface area contributed by atoms with Gasteiger partial charge in [0.1, 0.15) is 5.82 Å². The first kappa shape index (κ1) is 8.79. The van der Waals surface area contributed by atoms with Crippen LogP contribution in [0.5, 0.6) is 0 Å². The van der Waals surface area contributed by atoms with Crippen molar-refractivity contribution in [1.29, 1.82) is 0 Å². The van der Waals surface area contributed by atoms with Crippen LogP contribution in [-0.4, -0.2) is 9.97 Å². The Morgan fingerprint density at radius 1 is 1.54 bits per heavy atom. The lowest BCUT2D eigenvalue weighted by Crippen LogP contribution is -2.10. The van der Waals surface area contributed by atoms with Gasteiger partial charge in [0.25, 0.3) is 0 Å². The zero-order valence-electron chi connectivity index (χ0n) is 8.56. The van der Waals surface area contributed by atoms with Crippen LogP contribution in [0.1, 0.15) is 43.9 Å². The third-order valence-electron chi connectivity index (χ3n) is 2.83. The molecule has 2 heteroatoms. The second-order valence-electron chi connectivity index (χ2n) is 4.21. The van der Waals surface area contributed by atoms with Crippen LogP contribution in [0, 0.1) is 5.92 Å². The molecule has 0 spiro atoms. The Morgan fingerprint density at radius 2 is 2.38 bits per heavy atom. The highest BCUT2D eigenvalue weighted by molar-refractivity contribution is 5.18. The average Bonchev–Trinajstić information content (AvgIpc) is 2.46. The summed E-state index contributed by atoms with van der Waals surface area (Å²) in [7, 11) is 0. The van der Waals surface area contributed by atoms with Crippen molar-refractivity contribution in [3.05, 3.63) is 17.2 Å². The van der Waals surface area contributed by atoms with Crippen LogP contribution in [0.3, 0.4) is 0 Å². The van der Waals surface area contributed by atoms with Gasteiger partial charge >= 0.3 is 0 Å². The van der Waals surface area contributed by atoms with Crippen molar-refractivity contribution in [2.75, 3.05) is 0 Å². The van der Waals surface area contributed by atoms with Gasteiger partial charge in [-0.3, -0.25) is 0 Å². The summed E-state index contributed by atoms with van der Waals surface area (Å²) in [6.45, 7) is 4.52. The molecule has 0 amide bonds. The van der Waals surface area contributed by atoms with Crippen molar-refractivity contribution in [2.24, 2.45) is 5.92 Å². The molecular weight excluding hydrogens is 160 g/mol. The number of nitrogens with one attached hydrogen (secondary N) is 1. The predicted octanol–water partition coefficient (Wildman–Crippen LogP) is 2.49. The van der Waals surface area contributed by atoms with E-state index in [1.807, 2.05) is 0 Å². The van der Waals surface area contributed by atoms with Gasteiger partial charge in [0.15, 0.2) is 0 Å². The van der Waals surface area contributed by atoms with Gasteiger partial charge in [-0.15, -0.1) is 0 Å². The fourth-order valence-corrected chi connectivity index (χ4v) is 2.07. The van der Waals surface area contributed by atoms with Crippen molar-refractivity contribution < 1.29 is 0 Å². The van der Waals surface area contributed by atoms with Crippen molar-refractivity contribution in [2.45, 2.75) is 46.0 Å². The largest absolute Gasteiger partial charge is 0.346 e. The second kappa shape index (κ2) is 3.52. The lowest BCUT2D eigenvalue weighted by Gasteiger charge is -2.15. The number of aryl methyl sites for hydroxylation is 2. The first-order valence-corrected chi connectivity index (χ1v) is 5.36. The highest BCUT2D eigenvalue weighted by atomic mass is 14.9. The van der Waals surface area contributed by atoms with Crippen LogP contribution in [0.25, 0.3) is 0 Å². The molecule has 0 bridgehead atoms. The lowest BCUT2D eigenvalue weighted by atomic mass is 9.92. The topological polar surface area (TPSA) is 28.7 Å². The van der Waals surface area contributed by atoms with Crippen molar-refractivity contribution in [3.8, 4) is 0 Å². The number of imidazole rings is 1. The van der Waals surface area contributed by atoms with E-state index in [9.17, 15) is 0 Å². The molecule has 1 aliphatic carbocycles. The van der Waals surface area contributed by atoms with E-state index in [0.717, 1.165) is 12.3 Å². The molecule has 0 aliphatic heterocycles. The minimum absolute atomic E-state index is 0.836. The van der Waals surface area contributed by atoms with Gasteiger partial charge in [-0.25, -0.2) is 4.98 Å². The van der Waals surface area contributed by atoms with Crippen LogP contribution in [0.4, 0.5) is 0 Å². The van der Waals surface area contributed by atoms with Crippen LogP contribution >= 0.6 is 0 Å². The molecule has 1 aliphatic rings.